The highest BCUT2D eigenvalue weighted by molar-refractivity contribution is 9.10. The number of halogens is 1. The third-order valence-electron chi connectivity index (χ3n) is 7.26. The Bertz CT molecular complexity index is 2060. The Morgan fingerprint density at radius 2 is 1.80 bits per heavy atom. The van der Waals surface area contributed by atoms with Gasteiger partial charge in [-0.05, 0) is 89.4 Å². The molecule has 5 rings (SSSR count). The van der Waals surface area contributed by atoms with Gasteiger partial charge in [0.25, 0.3) is 5.56 Å². The number of carbonyl (C=O) groups is 1. The molecule has 10 nitrogen and oxygen atoms in total. The number of esters is 1. The number of nitrogens with zero attached hydrogens (tertiary/aromatic N) is 3. The summed E-state index contributed by atoms with van der Waals surface area (Å²) in [5, 5.41) is 9.05. The lowest BCUT2D eigenvalue weighted by Crippen LogP contribution is -2.40. The third-order valence-corrected chi connectivity index (χ3v) is 8.84. The van der Waals surface area contributed by atoms with Gasteiger partial charge in [-0.3, -0.25) is 9.36 Å². The number of hydrogen-bond donors (Lipinski definition) is 0. The highest BCUT2D eigenvalue weighted by Crippen LogP contribution is 2.39. The highest BCUT2D eigenvalue weighted by atomic mass is 79.9. The van der Waals surface area contributed by atoms with E-state index in [4.69, 9.17) is 28.9 Å². The summed E-state index contributed by atoms with van der Waals surface area (Å²) >= 11 is 4.79. The summed E-state index contributed by atoms with van der Waals surface area (Å²) in [6.07, 6.45) is 1.74. The first-order chi connectivity index (χ1) is 22.2. The van der Waals surface area contributed by atoms with Crippen molar-refractivity contribution in [3.8, 4) is 29.1 Å². The number of thiazole rings is 1. The van der Waals surface area contributed by atoms with Crippen LogP contribution in [0.5, 0.6) is 23.0 Å². The number of carbonyl (C=O) groups excluding carboxylic acids is 1. The van der Waals surface area contributed by atoms with Crippen molar-refractivity contribution in [1.29, 1.82) is 5.26 Å². The van der Waals surface area contributed by atoms with Crippen LogP contribution in [-0.2, 0) is 16.1 Å². The molecule has 0 N–H and O–H groups in total. The van der Waals surface area contributed by atoms with E-state index in [2.05, 4.69) is 27.0 Å². The first-order valence-corrected chi connectivity index (χ1v) is 15.7. The molecule has 1 aliphatic heterocycles. The van der Waals surface area contributed by atoms with Crippen molar-refractivity contribution in [1.82, 2.24) is 4.57 Å². The predicted molar refractivity (Wildman–Crippen MR) is 176 cm³/mol. The third kappa shape index (κ3) is 6.42. The van der Waals surface area contributed by atoms with Crippen LogP contribution in [0.4, 0.5) is 0 Å². The Kier molecular flexibility index (Phi) is 9.94. The maximum Gasteiger partial charge on any atom is 0.338 e. The largest absolute Gasteiger partial charge is 0.497 e. The fourth-order valence-corrected chi connectivity index (χ4v) is 6.71. The molecule has 4 aromatic rings. The monoisotopic (exact) mass is 703 g/mol. The molecule has 236 valence electrons. The van der Waals surface area contributed by atoms with E-state index in [1.165, 1.54) is 30.1 Å². The van der Waals surface area contributed by atoms with Gasteiger partial charge in [-0.25, -0.2) is 9.79 Å². The van der Waals surface area contributed by atoms with Crippen LogP contribution in [0.3, 0.4) is 0 Å². The molecule has 46 heavy (non-hydrogen) atoms. The molecule has 0 fully saturated rings. The van der Waals surface area contributed by atoms with Crippen molar-refractivity contribution >= 4 is 39.3 Å². The molecule has 0 amide bonds. The van der Waals surface area contributed by atoms with Gasteiger partial charge in [-0.15, -0.1) is 0 Å². The van der Waals surface area contributed by atoms with Gasteiger partial charge in [-0.1, -0.05) is 23.5 Å². The molecule has 0 unspecified atom stereocenters. The number of ether oxygens (including phenoxy) is 5. The molecule has 12 heteroatoms. The van der Waals surface area contributed by atoms with Crippen molar-refractivity contribution < 1.29 is 28.5 Å². The van der Waals surface area contributed by atoms with Crippen molar-refractivity contribution in [3.05, 3.63) is 112 Å². The number of methoxy groups -OCH3 is 3. The van der Waals surface area contributed by atoms with Crippen LogP contribution in [-0.4, -0.2) is 38.5 Å². The zero-order chi connectivity index (χ0) is 33.0. The number of benzene rings is 3. The maximum atomic E-state index is 14.1. The molecule has 3 aromatic carbocycles. The van der Waals surface area contributed by atoms with Gasteiger partial charge in [0.1, 0.15) is 24.1 Å². The summed E-state index contributed by atoms with van der Waals surface area (Å²) in [5.41, 5.74) is 3.02. The van der Waals surface area contributed by atoms with Crippen LogP contribution in [0.15, 0.2) is 80.1 Å². The average Bonchev–Trinajstić information content (AvgIpc) is 3.36. The molecular weight excluding hydrogens is 674 g/mol. The molecule has 1 aliphatic rings. The van der Waals surface area contributed by atoms with E-state index in [1.54, 1.807) is 63.4 Å². The van der Waals surface area contributed by atoms with Crippen molar-refractivity contribution in [2.24, 2.45) is 4.99 Å². The Morgan fingerprint density at radius 1 is 1.07 bits per heavy atom. The van der Waals surface area contributed by atoms with Gasteiger partial charge in [0.15, 0.2) is 16.3 Å². The Balaban J connectivity index is 1.60. The zero-order valence-electron chi connectivity index (χ0n) is 25.8. The van der Waals surface area contributed by atoms with Crippen LogP contribution >= 0.6 is 27.3 Å². The van der Waals surface area contributed by atoms with Crippen molar-refractivity contribution in [2.75, 3.05) is 27.9 Å². The molecule has 0 bridgehead atoms. The second-order valence-corrected chi connectivity index (χ2v) is 11.9. The lowest BCUT2D eigenvalue weighted by atomic mass is 9.94. The second-order valence-electron chi connectivity index (χ2n) is 10.0. The van der Waals surface area contributed by atoms with Crippen LogP contribution in [0.25, 0.3) is 6.08 Å². The molecule has 0 saturated carbocycles. The van der Waals surface area contributed by atoms with Crippen LogP contribution in [0, 0.1) is 11.3 Å². The standard InChI is InChI=1S/C34H30BrN3O7S/c1-6-44-33(40)29-19(2)37-34-38(30(29)24-16-23(41-3)11-12-26(24)42-4)32(39)28(46-34)15-22-13-25(35)31(27(14-22)43-5)45-18-21-9-7-20(17-36)8-10-21/h7-16,30H,6,18H2,1-5H3/b28-15+/t30-/m0/s1. The van der Waals surface area contributed by atoms with Gasteiger partial charge in [0.05, 0.1) is 59.8 Å². The summed E-state index contributed by atoms with van der Waals surface area (Å²) in [7, 11) is 4.61. The van der Waals surface area contributed by atoms with Gasteiger partial charge in [0, 0.05) is 5.56 Å². The molecule has 0 aliphatic carbocycles. The first kappa shape index (κ1) is 32.5. The highest BCUT2D eigenvalue weighted by Gasteiger charge is 2.35. The van der Waals surface area contributed by atoms with Gasteiger partial charge < -0.3 is 23.7 Å². The minimum Gasteiger partial charge on any atom is -0.497 e. The summed E-state index contributed by atoms with van der Waals surface area (Å²) in [4.78, 5) is 32.5. The van der Waals surface area contributed by atoms with E-state index in [9.17, 15) is 9.59 Å². The van der Waals surface area contributed by atoms with Crippen LogP contribution in [0.2, 0.25) is 0 Å². The lowest BCUT2D eigenvalue weighted by molar-refractivity contribution is -0.139. The minimum absolute atomic E-state index is 0.159. The molecule has 1 aromatic heterocycles. The van der Waals surface area contributed by atoms with Crippen molar-refractivity contribution in [2.45, 2.75) is 26.5 Å². The fraction of sp³-hybridized carbons (Fsp3) is 0.235. The van der Waals surface area contributed by atoms with Crippen molar-refractivity contribution in [3.63, 3.8) is 0 Å². The SMILES string of the molecule is CCOC(=O)C1=C(C)N=c2s/c(=C/c3cc(Br)c(OCc4ccc(C#N)cc4)c(OC)c3)c(=O)n2[C@H]1c1cc(OC)ccc1OC. The maximum absolute atomic E-state index is 14.1. The van der Waals surface area contributed by atoms with E-state index >= 15 is 0 Å². The first-order valence-electron chi connectivity index (χ1n) is 14.1. The predicted octanol–water partition coefficient (Wildman–Crippen LogP) is 5.04. The molecule has 0 radical (unpaired) electrons. The average molecular weight is 705 g/mol. The van der Waals surface area contributed by atoms with Gasteiger partial charge in [0.2, 0.25) is 0 Å². The number of fused-ring (bicyclic) bond motifs is 1. The number of rotatable bonds is 10. The van der Waals surface area contributed by atoms with Crippen LogP contribution in [0.1, 0.15) is 42.1 Å². The molecule has 2 heterocycles. The normalized spacial score (nSPS) is 14.2. The Labute approximate surface area is 277 Å². The second kappa shape index (κ2) is 14.1. The Morgan fingerprint density at radius 3 is 2.46 bits per heavy atom. The number of hydrogen-bond acceptors (Lipinski definition) is 10. The quantitative estimate of drug-likeness (QED) is 0.211. The molecule has 1 atom stereocenters. The molecule has 0 saturated heterocycles. The number of allylic oxidation sites excluding steroid dienone is 1. The van der Waals surface area contributed by atoms with E-state index in [-0.39, 0.29) is 24.3 Å². The van der Waals surface area contributed by atoms with E-state index in [1.807, 2.05) is 18.2 Å². The van der Waals surface area contributed by atoms with E-state index in [0.717, 1.165) is 5.56 Å². The van der Waals surface area contributed by atoms with Gasteiger partial charge in [-0.2, -0.15) is 5.26 Å². The smallest absolute Gasteiger partial charge is 0.338 e. The minimum atomic E-state index is -0.873. The number of aromatic nitrogens is 1. The summed E-state index contributed by atoms with van der Waals surface area (Å²) in [5.74, 6) is 1.39. The Hall–Kier alpha value is -4.86. The fourth-order valence-electron chi connectivity index (χ4n) is 5.08. The lowest BCUT2D eigenvalue weighted by Gasteiger charge is -2.26. The molecular formula is C34H30BrN3O7S. The topological polar surface area (TPSA) is 121 Å². The zero-order valence-corrected chi connectivity index (χ0v) is 28.2. The van der Waals surface area contributed by atoms with E-state index in [0.29, 0.717) is 59.2 Å². The van der Waals surface area contributed by atoms with Gasteiger partial charge >= 0.3 is 5.97 Å². The summed E-state index contributed by atoms with van der Waals surface area (Å²) < 4.78 is 30.8. The summed E-state index contributed by atoms with van der Waals surface area (Å²) in [6.45, 7) is 3.86. The van der Waals surface area contributed by atoms with Crippen LogP contribution < -0.4 is 33.8 Å². The summed E-state index contributed by atoms with van der Waals surface area (Å²) in [6, 6.07) is 17.2. The molecule has 0 spiro atoms. The van der Waals surface area contributed by atoms with E-state index < -0.39 is 12.0 Å². The number of nitriles is 1.